The smallest absolute Gasteiger partial charge is 0.172 e. The lowest BCUT2D eigenvalue weighted by Gasteiger charge is -2.44. The number of ether oxygens (including phenoxy) is 1. The van der Waals surface area contributed by atoms with Gasteiger partial charge in [-0.2, -0.15) is 0 Å². The van der Waals surface area contributed by atoms with E-state index in [0.29, 0.717) is 30.2 Å². The minimum absolute atomic E-state index is 0.0944. The van der Waals surface area contributed by atoms with Crippen molar-refractivity contribution in [1.82, 2.24) is 10.2 Å². The number of rotatable bonds is 4. The van der Waals surface area contributed by atoms with Crippen LogP contribution in [0.15, 0.2) is 29.4 Å². The zero-order valence-electron chi connectivity index (χ0n) is 15.2. The van der Waals surface area contributed by atoms with Crippen LogP contribution in [0.5, 0.6) is 5.75 Å². The van der Waals surface area contributed by atoms with Gasteiger partial charge in [-0.25, -0.2) is 4.39 Å². The van der Waals surface area contributed by atoms with Crippen molar-refractivity contribution >= 4 is 11.5 Å². The van der Waals surface area contributed by atoms with Crippen molar-refractivity contribution in [2.45, 2.75) is 31.3 Å². The predicted octanol–water partition coefficient (Wildman–Crippen LogP) is 3.75. The summed E-state index contributed by atoms with van der Waals surface area (Å²) in [7, 11) is 1.43. The van der Waals surface area contributed by atoms with E-state index in [1.54, 1.807) is 12.1 Å². The third kappa shape index (κ3) is 2.71. The van der Waals surface area contributed by atoms with Crippen LogP contribution in [0.2, 0.25) is 0 Å². The highest BCUT2D eigenvalue weighted by atomic mass is 19.1. The molecule has 0 spiro atoms. The normalized spacial score (nSPS) is 23.1. The molecule has 3 heterocycles. The van der Waals surface area contributed by atoms with Gasteiger partial charge < -0.3 is 15.0 Å². The zero-order valence-corrected chi connectivity index (χ0v) is 15.2. The van der Waals surface area contributed by atoms with Crippen molar-refractivity contribution < 1.29 is 9.13 Å². The van der Waals surface area contributed by atoms with Crippen molar-refractivity contribution in [1.29, 1.82) is 0 Å². The number of para-hydroxylation sites is 1. The van der Waals surface area contributed by atoms with E-state index in [1.165, 1.54) is 13.2 Å². The molecule has 1 N–H and O–H groups in total. The maximum absolute atomic E-state index is 14.1. The third-order valence-electron chi connectivity index (χ3n) is 5.55. The van der Waals surface area contributed by atoms with Crippen LogP contribution in [0.25, 0.3) is 21.7 Å². The Morgan fingerprint density at radius 2 is 2.33 bits per heavy atom. The van der Waals surface area contributed by atoms with Gasteiger partial charge in [-0.15, -0.1) is 10.2 Å². The largest absolute Gasteiger partial charge is 0.493 e. The Bertz CT molecular complexity index is 930. The van der Waals surface area contributed by atoms with Crippen LogP contribution in [-0.2, 0) is 0 Å². The summed E-state index contributed by atoms with van der Waals surface area (Å²) in [5, 5.41) is 15.9. The minimum Gasteiger partial charge on any atom is -0.493 e. The van der Waals surface area contributed by atoms with E-state index in [1.807, 2.05) is 6.07 Å². The average Bonchev–Trinajstić information content (AvgIpc) is 3.07. The van der Waals surface area contributed by atoms with Gasteiger partial charge in [0.1, 0.15) is 0 Å². The van der Waals surface area contributed by atoms with Gasteiger partial charge in [0.25, 0.3) is 0 Å². The quantitative estimate of drug-likeness (QED) is 0.503. The first-order chi connectivity index (χ1) is 13.1. The molecule has 0 unspecified atom stereocenters. The third-order valence-corrected chi connectivity index (χ3v) is 5.55. The molecule has 1 fully saturated rings. The van der Waals surface area contributed by atoms with E-state index in [2.05, 4.69) is 37.4 Å². The molecule has 8 nitrogen and oxygen atoms in total. The first-order valence-electron chi connectivity index (χ1n) is 8.88. The molecule has 1 saturated heterocycles. The van der Waals surface area contributed by atoms with Crippen molar-refractivity contribution in [2.24, 2.45) is 5.11 Å². The van der Waals surface area contributed by atoms with E-state index < -0.39 is 5.82 Å². The average molecular weight is 369 g/mol. The summed E-state index contributed by atoms with van der Waals surface area (Å²) >= 11 is 0. The summed E-state index contributed by atoms with van der Waals surface area (Å²) in [4.78, 5) is 5.24. The lowest BCUT2D eigenvalue weighted by atomic mass is 9.89. The second-order valence-electron chi connectivity index (χ2n) is 6.89. The van der Waals surface area contributed by atoms with E-state index in [-0.39, 0.29) is 17.3 Å². The number of nitrogens with one attached hydrogen (secondary N) is 1. The molecule has 2 aliphatic rings. The summed E-state index contributed by atoms with van der Waals surface area (Å²) in [5.41, 5.74) is 10.7. The molecule has 2 aromatic rings. The Balaban J connectivity index is 1.81. The molecule has 0 amide bonds. The number of nitrogens with zero attached hydrogens (tertiary/aromatic N) is 6. The topological polar surface area (TPSA) is 99.0 Å². The molecule has 0 saturated carbocycles. The molecule has 1 aromatic carbocycles. The molecular weight excluding hydrogens is 349 g/mol. The Kier molecular flexibility index (Phi) is 4.24. The first-order valence-corrected chi connectivity index (χ1v) is 8.88. The van der Waals surface area contributed by atoms with Crippen molar-refractivity contribution in [2.75, 3.05) is 30.4 Å². The second kappa shape index (κ2) is 6.59. The number of hydrogen-bond acceptors (Lipinski definition) is 6. The second-order valence-corrected chi connectivity index (χ2v) is 6.89. The molecule has 140 valence electrons. The monoisotopic (exact) mass is 369 g/mol. The van der Waals surface area contributed by atoms with Gasteiger partial charge in [0.05, 0.1) is 30.1 Å². The van der Waals surface area contributed by atoms with Crippen LogP contribution in [0.1, 0.15) is 19.8 Å². The van der Waals surface area contributed by atoms with Gasteiger partial charge in [-0.05, 0) is 36.6 Å². The van der Waals surface area contributed by atoms with Crippen LogP contribution in [0.4, 0.5) is 15.9 Å². The zero-order chi connectivity index (χ0) is 19.0. The van der Waals surface area contributed by atoms with Gasteiger partial charge in [-0.1, -0.05) is 18.1 Å². The summed E-state index contributed by atoms with van der Waals surface area (Å²) in [6.45, 7) is 3.46. The highest BCUT2D eigenvalue weighted by molar-refractivity contribution is 5.77. The Morgan fingerprint density at radius 1 is 1.48 bits per heavy atom. The van der Waals surface area contributed by atoms with Crippen LogP contribution < -0.4 is 15.0 Å². The fraction of sp³-hybridized carbons (Fsp3) is 0.444. The highest BCUT2D eigenvalue weighted by Crippen LogP contribution is 2.45. The fourth-order valence-corrected chi connectivity index (χ4v) is 4.16. The molecule has 2 aliphatic heterocycles. The SMILES string of the molecule is CC[C@@]12CNc3nnc(-c4cccc(F)c4OC)cc3N1C[C@H](N=[N+]=[N-])C2. The van der Waals surface area contributed by atoms with Gasteiger partial charge >= 0.3 is 0 Å². The van der Waals surface area contributed by atoms with E-state index in [9.17, 15) is 4.39 Å². The molecule has 9 heteroatoms. The molecule has 0 bridgehead atoms. The number of benzene rings is 1. The Hall–Kier alpha value is -3.06. The molecule has 2 atom stereocenters. The summed E-state index contributed by atoms with van der Waals surface area (Å²) < 4.78 is 19.3. The summed E-state index contributed by atoms with van der Waals surface area (Å²) in [6, 6.07) is 6.53. The van der Waals surface area contributed by atoms with Gasteiger partial charge in [0.15, 0.2) is 17.4 Å². The number of azide groups is 1. The number of methoxy groups -OCH3 is 1. The van der Waals surface area contributed by atoms with E-state index in [0.717, 1.165) is 18.5 Å². The maximum Gasteiger partial charge on any atom is 0.172 e. The number of halogens is 1. The highest BCUT2D eigenvalue weighted by Gasteiger charge is 2.47. The fourth-order valence-electron chi connectivity index (χ4n) is 4.16. The van der Waals surface area contributed by atoms with Gasteiger partial charge in [0.2, 0.25) is 0 Å². The summed E-state index contributed by atoms with van der Waals surface area (Å²) in [5.74, 6) is 0.380. The van der Waals surface area contributed by atoms with E-state index >= 15 is 0 Å². The number of fused-ring (bicyclic) bond motifs is 3. The first kappa shape index (κ1) is 17.4. The van der Waals surface area contributed by atoms with Crippen LogP contribution in [0, 0.1) is 5.82 Å². The lowest BCUT2D eigenvalue weighted by molar-refractivity contribution is 0.388. The summed E-state index contributed by atoms with van der Waals surface area (Å²) in [6.07, 6.45) is 1.68. The van der Waals surface area contributed by atoms with Crippen LogP contribution >= 0.6 is 0 Å². The Labute approximate surface area is 156 Å². The predicted molar refractivity (Wildman–Crippen MR) is 100 cm³/mol. The standard InChI is InChI=1S/C18H20FN7O/c1-3-18-8-11(22-25-20)9-26(18)15-7-14(23-24-17(15)21-10-18)12-5-4-6-13(19)16(12)27-2/h4-7,11H,3,8-10H2,1-2H3,(H,21,24)/t11-,18-/m1/s1. The number of hydrogen-bond donors (Lipinski definition) is 1. The molecule has 0 aliphatic carbocycles. The van der Waals surface area contributed by atoms with Crippen molar-refractivity contribution in [3.05, 3.63) is 40.5 Å². The Morgan fingerprint density at radius 3 is 3.07 bits per heavy atom. The maximum atomic E-state index is 14.1. The lowest BCUT2D eigenvalue weighted by Crippen LogP contribution is -2.52. The molecule has 0 radical (unpaired) electrons. The molecular formula is C18H20FN7O. The van der Waals surface area contributed by atoms with Crippen molar-refractivity contribution in [3.63, 3.8) is 0 Å². The van der Waals surface area contributed by atoms with Gasteiger partial charge in [-0.3, -0.25) is 0 Å². The number of aromatic nitrogens is 2. The van der Waals surface area contributed by atoms with Gasteiger partial charge in [0, 0.05) is 23.6 Å². The van der Waals surface area contributed by atoms with Crippen LogP contribution in [0.3, 0.4) is 0 Å². The number of anilines is 2. The van der Waals surface area contributed by atoms with E-state index in [4.69, 9.17) is 10.3 Å². The van der Waals surface area contributed by atoms with Crippen molar-refractivity contribution in [3.8, 4) is 17.0 Å². The van der Waals surface area contributed by atoms with Crippen LogP contribution in [-0.4, -0.2) is 42.0 Å². The molecule has 4 rings (SSSR count). The molecule has 1 aromatic heterocycles. The minimum atomic E-state index is -0.444. The molecule has 27 heavy (non-hydrogen) atoms.